The molecule has 0 saturated heterocycles. The molecule has 1 rings (SSSR count). The van der Waals surface area contributed by atoms with Gasteiger partial charge in [-0.1, -0.05) is 4.48 Å². The number of hydrogen-bond donors (Lipinski definition) is 1. The summed E-state index contributed by atoms with van der Waals surface area (Å²) in [6.45, 7) is 0. The van der Waals surface area contributed by atoms with Crippen molar-refractivity contribution in [2.45, 2.75) is 6.42 Å². The van der Waals surface area contributed by atoms with E-state index in [4.69, 9.17) is 0 Å². The molecule has 1 N–H and O–H groups in total. The predicted molar refractivity (Wildman–Crippen MR) is 19.5 cm³/mol. The van der Waals surface area contributed by atoms with Crippen LogP contribution in [0.3, 0.4) is 0 Å². The number of nitrogens with one attached hydrogen (secondary N) is 1. The Morgan fingerprint density at radius 1 is 1.86 bits per heavy atom. The summed E-state index contributed by atoms with van der Waals surface area (Å²) in [6.07, 6.45) is -1.06. The molecule has 0 aromatic carbocycles. The molecule has 0 saturated carbocycles. The van der Waals surface area contributed by atoms with Gasteiger partial charge in [-0.2, -0.15) is 9.49 Å². The molecule has 1 aliphatic rings. The molecule has 1 heterocycles. The van der Waals surface area contributed by atoms with Crippen LogP contribution in [0.25, 0.3) is 0 Å². The summed E-state index contributed by atoms with van der Waals surface area (Å²) in [6, 6.07) is 0. The number of nitrogens with zero attached hydrogens (tertiary/aromatic N) is 2. The Kier molecular flexibility index (Phi) is 0.812. The molecule has 1 atom stereocenters. The molecule has 0 aliphatic carbocycles. The lowest BCUT2D eigenvalue weighted by Crippen LogP contribution is -2.25. The lowest BCUT2D eigenvalue weighted by atomic mass is 11.0. The average Bonchev–Trinajstić information content (AvgIpc) is 1.91. The van der Waals surface area contributed by atoms with Gasteiger partial charge in [0.1, 0.15) is 6.34 Å². The van der Waals surface area contributed by atoms with Gasteiger partial charge in [0.25, 0.3) is 6.42 Å². The summed E-state index contributed by atoms with van der Waals surface area (Å²) < 4.78 is 23.2. The largest absolute Gasteiger partial charge is 0.289 e. The molecule has 0 aromatic heterocycles. The maximum Gasteiger partial charge on any atom is 0.289 e. The Morgan fingerprint density at radius 2 is 2.57 bits per heavy atom. The Bertz CT molecular complexity index is 92.9. The zero-order valence-corrected chi connectivity index (χ0v) is 3.31. The highest BCUT2D eigenvalue weighted by atomic mass is 19.2. The van der Waals surface area contributed by atoms with Crippen LogP contribution in [-0.2, 0) is 0 Å². The molecule has 0 fully saturated rings. The fraction of sp³-hybridized carbons (Fsp3) is 0.500. The third-order valence-electron chi connectivity index (χ3n) is 0.566. The molecular weight excluding hydrogens is 104 g/mol. The number of hydrogen-bond acceptors (Lipinski definition) is 3. The van der Waals surface area contributed by atoms with E-state index in [1.54, 1.807) is 0 Å². The average molecular weight is 107 g/mol. The highest BCUT2D eigenvalue weighted by Gasteiger charge is 2.16. The fourth-order valence-electron chi connectivity index (χ4n) is 0.264. The van der Waals surface area contributed by atoms with Gasteiger partial charge in [-0.15, -0.1) is 5.12 Å². The number of rotatable bonds is 0. The van der Waals surface area contributed by atoms with Crippen molar-refractivity contribution >= 4 is 6.34 Å². The van der Waals surface area contributed by atoms with Crippen LogP contribution in [0.5, 0.6) is 0 Å². The summed E-state index contributed by atoms with van der Waals surface area (Å²) >= 11 is 0. The molecule has 0 amide bonds. The standard InChI is InChI=1S/C2H3F2N3/c3-2-6-5-1-7(2)4/h1-2,6H. The van der Waals surface area contributed by atoms with E-state index < -0.39 is 6.42 Å². The smallest absolute Gasteiger partial charge is 0.257 e. The van der Waals surface area contributed by atoms with E-state index in [0.29, 0.717) is 0 Å². The van der Waals surface area contributed by atoms with Gasteiger partial charge in [-0.05, 0) is 0 Å². The molecule has 0 radical (unpaired) electrons. The van der Waals surface area contributed by atoms with Crippen LogP contribution in [0, 0.1) is 0 Å². The molecule has 7 heavy (non-hydrogen) atoms. The van der Waals surface area contributed by atoms with Gasteiger partial charge in [0, 0.05) is 0 Å². The molecule has 1 aliphatic heterocycles. The third kappa shape index (κ3) is 0.603. The third-order valence-corrected chi connectivity index (χ3v) is 0.566. The second kappa shape index (κ2) is 1.32. The number of hydrazone groups is 1. The molecule has 1 unspecified atom stereocenters. The monoisotopic (exact) mass is 107 g/mol. The van der Waals surface area contributed by atoms with Gasteiger partial charge in [0.2, 0.25) is 0 Å². The van der Waals surface area contributed by atoms with Crippen molar-refractivity contribution in [1.82, 2.24) is 10.5 Å². The van der Waals surface area contributed by atoms with Gasteiger partial charge in [-0.25, -0.2) is 0 Å². The highest BCUT2D eigenvalue weighted by molar-refractivity contribution is 5.54. The van der Waals surface area contributed by atoms with Gasteiger partial charge in [0.05, 0.1) is 0 Å². The van der Waals surface area contributed by atoms with Crippen molar-refractivity contribution < 1.29 is 8.87 Å². The normalized spacial score (nSPS) is 28.3. The molecule has 3 nitrogen and oxygen atoms in total. The van der Waals surface area contributed by atoms with Crippen molar-refractivity contribution in [2.24, 2.45) is 5.10 Å². The first-order valence-corrected chi connectivity index (χ1v) is 1.67. The van der Waals surface area contributed by atoms with E-state index >= 15 is 0 Å². The van der Waals surface area contributed by atoms with Crippen LogP contribution in [0.4, 0.5) is 8.87 Å². The van der Waals surface area contributed by atoms with E-state index in [1.807, 2.05) is 5.43 Å². The van der Waals surface area contributed by atoms with Gasteiger partial charge < -0.3 is 0 Å². The minimum atomic E-state index is -1.79. The van der Waals surface area contributed by atoms with Crippen LogP contribution in [-0.4, -0.2) is 17.9 Å². The number of alkyl halides is 1. The Morgan fingerprint density at radius 3 is 2.71 bits per heavy atom. The first-order valence-electron chi connectivity index (χ1n) is 1.67. The van der Waals surface area contributed by atoms with Crippen LogP contribution in [0.2, 0.25) is 0 Å². The predicted octanol–water partition coefficient (Wildman–Crippen LogP) is -0.0275. The molecule has 0 aromatic rings. The quantitative estimate of drug-likeness (QED) is 0.348. The second-order valence-corrected chi connectivity index (χ2v) is 1.05. The first-order chi connectivity index (χ1) is 3.30. The summed E-state index contributed by atoms with van der Waals surface area (Å²) in [5, 5.41) is 2.88. The summed E-state index contributed by atoms with van der Waals surface area (Å²) in [7, 11) is 0. The van der Waals surface area contributed by atoms with Crippen LogP contribution in [0.1, 0.15) is 0 Å². The maximum absolute atomic E-state index is 11.6. The Balaban J connectivity index is 2.45. The number of halogens is 2. The molecule has 40 valence electrons. The molecule has 0 spiro atoms. The summed E-state index contributed by atoms with van der Waals surface area (Å²) in [4.78, 5) is 0. The van der Waals surface area contributed by atoms with E-state index in [1.165, 1.54) is 0 Å². The van der Waals surface area contributed by atoms with Crippen LogP contribution < -0.4 is 5.43 Å². The van der Waals surface area contributed by atoms with Crippen molar-refractivity contribution in [3.63, 3.8) is 0 Å². The van der Waals surface area contributed by atoms with Gasteiger partial charge in [0.15, 0.2) is 0 Å². The van der Waals surface area contributed by atoms with E-state index in [0.717, 1.165) is 6.34 Å². The summed E-state index contributed by atoms with van der Waals surface area (Å²) in [5.41, 5.74) is 1.82. The molecular formula is C2H3F2N3. The minimum absolute atomic E-state index is 0.167. The van der Waals surface area contributed by atoms with E-state index in [9.17, 15) is 8.87 Å². The fourth-order valence-corrected chi connectivity index (χ4v) is 0.264. The van der Waals surface area contributed by atoms with Crippen molar-refractivity contribution in [3.05, 3.63) is 0 Å². The first kappa shape index (κ1) is 4.29. The Hall–Kier alpha value is -0.870. The maximum atomic E-state index is 11.6. The highest BCUT2D eigenvalue weighted by Crippen LogP contribution is 1.98. The van der Waals surface area contributed by atoms with Crippen molar-refractivity contribution in [1.29, 1.82) is 0 Å². The van der Waals surface area contributed by atoms with Crippen LogP contribution in [0.15, 0.2) is 5.10 Å². The zero-order valence-electron chi connectivity index (χ0n) is 3.31. The van der Waals surface area contributed by atoms with Crippen molar-refractivity contribution in [3.8, 4) is 0 Å². The molecule has 0 bridgehead atoms. The van der Waals surface area contributed by atoms with Gasteiger partial charge in [-0.3, -0.25) is 5.43 Å². The lowest BCUT2D eigenvalue weighted by Gasteiger charge is -2.01. The Labute approximate surface area is 38.5 Å². The van der Waals surface area contributed by atoms with Crippen molar-refractivity contribution in [2.75, 3.05) is 0 Å². The van der Waals surface area contributed by atoms with Gasteiger partial charge >= 0.3 is 0 Å². The van der Waals surface area contributed by atoms with E-state index in [2.05, 4.69) is 5.10 Å². The lowest BCUT2D eigenvalue weighted by molar-refractivity contribution is -0.00453. The topological polar surface area (TPSA) is 27.6 Å². The molecule has 5 heteroatoms. The SMILES string of the molecule is FC1NN=CN1F. The zero-order chi connectivity index (χ0) is 5.28. The second-order valence-electron chi connectivity index (χ2n) is 1.05. The van der Waals surface area contributed by atoms with Crippen LogP contribution >= 0.6 is 0 Å². The van der Waals surface area contributed by atoms with E-state index in [-0.39, 0.29) is 5.12 Å². The minimum Gasteiger partial charge on any atom is -0.257 e. The summed E-state index contributed by atoms with van der Waals surface area (Å²) in [5.74, 6) is 0.